The molecule has 1 fully saturated rings. The van der Waals surface area contributed by atoms with E-state index in [0.29, 0.717) is 9.90 Å². The molecule has 2 aromatic rings. The maximum absolute atomic E-state index is 12.3. The van der Waals surface area contributed by atoms with Crippen molar-refractivity contribution in [3.05, 3.63) is 61.3 Å². The zero-order valence-corrected chi connectivity index (χ0v) is 11.9. The lowest BCUT2D eigenvalue weighted by atomic mass is 10.1. The summed E-state index contributed by atoms with van der Waals surface area (Å²) in [5.41, 5.74) is 1.04. The minimum absolute atomic E-state index is 0.0485. The summed E-state index contributed by atoms with van der Waals surface area (Å²) in [5, 5.41) is 12.9. The number of nitrogens with zero attached hydrogens (tertiary/aromatic N) is 1. The molecule has 3 rings (SSSR count). The number of nitro groups is 1. The van der Waals surface area contributed by atoms with E-state index in [1.54, 1.807) is 23.6 Å². The van der Waals surface area contributed by atoms with Gasteiger partial charge in [0, 0.05) is 18.1 Å². The van der Waals surface area contributed by atoms with Gasteiger partial charge in [-0.3, -0.25) is 14.9 Å². The van der Waals surface area contributed by atoms with Crippen LogP contribution in [0.3, 0.4) is 0 Å². The Balaban J connectivity index is 1.74. The zero-order chi connectivity index (χ0) is 14.3. The average molecular weight is 308 g/mol. The maximum Gasteiger partial charge on any atom is 0.269 e. The second kappa shape index (κ2) is 5.00. The van der Waals surface area contributed by atoms with Crippen molar-refractivity contribution >= 4 is 34.4 Å². The van der Waals surface area contributed by atoms with Crippen molar-refractivity contribution in [1.82, 2.24) is 0 Å². The highest BCUT2D eigenvalue weighted by atomic mass is 35.5. The number of non-ortho nitro benzene ring substituents is 1. The van der Waals surface area contributed by atoms with Gasteiger partial charge >= 0.3 is 0 Å². The molecule has 1 aliphatic rings. The van der Waals surface area contributed by atoms with Gasteiger partial charge in [0.1, 0.15) is 0 Å². The molecule has 2 unspecified atom stereocenters. The monoisotopic (exact) mass is 307 g/mol. The Bertz CT molecular complexity index is 680. The summed E-state index contributed by atoms with van der Waals surface area (Å²) in [6.45, 7) is 0. The van der Waals surface area contributed by atoms with Gasteiger partial charge in [-0.1, -0.05) is 23.7 Å². The molecule has 4 nitrogen and oxygen atoms in total. The lowest BCUT2D eigenvalue weighted by molar-refractivity contribution is -0.384. The Morgan fingerprint density at radius 2 is 2.00 bits per heavy atom. The number of Topliss-reactive ketones (excluding diaryl/α,β-unsaturated/α-hetero) is 1. The summed E-state index contributed by atoms with van der Waals surface area (Å²) in [4.78, 5) is 23.1. The third kappa shape index (κ3) is 2.34. The number of ketones is 1. The Morgan fingerprint density at radius 1 is 1.30 bits per heavy atom. The van der Waals surface area contributed by atoms with E-state index in [0.717, 1.165) is 12.0 Å². The quantitative estimate of drug-likeness (QED) is 0.481. The number of nitro benzene ring substituents is 1. The van der Waals surface area contributed by atoms with E-state index in [-0.39, 0.29) is 23.3 Å². The highest BCUT2D eigenvalue weighted by molar-refractivity contribution is 7.12. The summed E-state index contributed by atoms with van der Waals surface area (Å²) in [6, 6.07) is 8.14. The number of carbonyl (C=O) groups is 1. The molecular weight excluding hydrogens is 298 g/mol. The fourth-order valence-electron chi connectivity index (χ4n) is 2.33. The number of hydrogen-bond donors (Lipinski definition) is 0. The lowest BCUT2D eigenvalue weighted by Crippen LogP contribution is -2.01. The highest BCUT2D eigenvalue weighted by Gasteiger charge is 2.44. The van der Waals surface area contributed by atoms with E-state index in [4.69, 9.17) is 11.6 Å². The summed E-state index contributed by atoms with van der Waals surface area (Å²) in [7, 11) is 0. The van der Waals surface area contributed by atoms with Gasteiger partial charge in [0.2, 0.25) is 0 Å². The Labute approximate surface area is 124 Å². The van der Waals surface area contributed by atoms with Crippen molar-refractivity contribution in [1.29, 1.82) is 0 Å². The molecule has 1 aromatic heterocycles. The lowest BCUT2D eigenvalue weighted by Gasteiger charge is -2.00. The smallest absolute Gasteiger partial charge is 0.269 e. The van der Waals surface area contributed by atoms with Gasteiger partial charge in [0.25, 0.3) is 5.69 Å². The van der Waals surface area contributed by atoms with Crippen LogP contribution in [0.2, 0.25) is 5.02 Å². The number of thiophene rings is 1. The standard InChI is InChI=1S/C14H10ClNO3S/c15-12-5-6-20-14(12)13(17)11-7-10(11)8-1-3-9(4-2-8)16(18)19/h1-6,10-11H,7H2. The van der Waals surface area contributed by atoms with E-state index in [9.17, 15) is 14.9 Å². The third-order valence-corrected chi connectivity index (χ3v) is 4.86. The first-order valence-corrected chi connectivity index (χ1v) is 7.35. The average Bonchev–Trinajstić information content (AvgIpc) is 3.13. The molecule has 0 spiro atoms. The van der Waals surface area contributed by atoms with Crippen LogP contribution >= 0.6 is 22.9 Å². The van der Waals surface area contributed by atoms with Gasteiger partial charge in [0.15, 0.2) is 5.78 Å². The SMILES string of the molecule is O=C(c1sccc1Cl)C1CC1c1ccc([N+](=O)[O-])cc1. The van der Waals surface area contributed by atoms with Crippen molar-refractivity contribution < 1.29 is 9.72 Å². The summed E-state index contributed by atoms with van der Waals surface area (Å²) < 4.78 is 0. The second-order valence-electron chi connectivity index (χ2n) is 4.76. The van der Waals surface area contributed by atoms with Gasteiger partial charge in [-0.2, -0.15) is 0 Å². The predicted molar refractivity (Wildman–Crippen MR) is 77.6 cm³/mol. The van der Waals surface area contributed by atoms with E-state index in [1.165, 1.54) is 23.5 Å². The predicted octanol–water partition coefficient (Wildman–Crippen LogP) is 4.30. The fourth-order valence-corrected chi connectivity index (χ4v) is 3.49. The number of halogens is 1. The Morgan fingerprint density at radius 3 is 2.55 bits per heavy atom. The molecule has 6 heteroatoms. The highest BCUT2D eigenvalue weighted by Crippen LogP contribution is 2.50. The molecule has 2 atom stereocenters. The van der Waals surface area contributed by atoms with Crippen LogP contribution in [0.25, 0.3) is 0 Å². The van der Waals surface area contributed by atoms with Crippen LogP contribution in [-0.2, 0) is 0 Å². The van der Waals surface area contributed by atoms with Gasteiger partial charge in [-0.25, -0.2) is 0 Å². The van der Waals surface area contributed by atoms with Crippen molar-refractivity contribution in [2.24, 2.45) is 5.92 Å². The van der Waals surface area contributed by atoms with Crippen molar-refractivity contribution in [2.75, 3.05) is 0 Å². The van der Waals surface area contributed by atoms with Gasteiger partial charge in [0.05, 0.1) is 14.8 Å². The minimum Gasteiger partial charge on any atom is -0.293 e. The largest absolute Gasteiger partial charge is 0.293 e. The van der Waals surface area contributed by atoms with E-state index in [1.807, 2.05) is 0 Å². The number of rotatable bonds is 4. The molecule has 1 aromatic carbocycles. The number of carbonyl (C=O) groups excluding carboxylic acids is 1. The first kappa shape index (κ1) is 13.3. The summed E-state index contributed by atoms with van der Waals surface area (Å²) >= 11 is 7.33. The molecule has 1 heterocycles. The maximum atomic E-state index is 12.3. The molecule has 0 aliphatic heterocycles. The third-order valence-electron chi connectivity index (χ3n) is 3.50. The summed E-state index contributed by atoms with van der Waals surface area (Å²) in [5.74, 6) is 0.183. The van der Waals surface area contributed by atoms with Crippen LogP contribution in [-0.4, -0.2) is 10.7 Å². The molecule has 102 valence electrons. The Hall–Kier alpha value is -1.72. The zero-order valence-electron chi connectivity index (χ0n) is 10.3. The van der Waals surface area contributed by atoms with Gasteiger partial charge in [-0.05, 0) is 29.3 Å². The summed E-state index contributed by atoms with van der Waals surface area (Å²) in [6.07, 6.45) is 0.783. The first-order chi connectivity index (χ1) is 9.58. The Kier molecular flexibility index (Phi) is 3.31. The van der Waals surface area contributed by atoms with Crippen molar-refractivity contribution in [3.63, 3.8) is 0 Å². The van der Waals surface area contributed by atoms with Crippen LogP contribution < -0.4 is 0 Å². The topological polar surface area (TPSA) is 60.2 Å². The molecule has 0 N–H and O–H groups in total. The first-order valence-electron chi connectivity index (χ1n) is 6.09. The van der Waals surface area contributed by atoms with Crippen molar-refractivity contribution in [3.8, 4) is 0 Å². The minimum atomic E-state index is -0.426. The molecule has 0 saturated heterocycles. The van der Waals surface area contributed by atoms with E-state index < -0.39 is 4.92 Å². The van der Waals surface area contributed by atoms with Crippen LogP contribution in [0.1, 0.15) is 27.6 Å². The second-order valence-corrected chi connectivity index (χ2v) is 6.08. The molecule has 0 radical (unpaired) electrons. The molecule has 0 amide bonds. The van der Waals surface area contributed by atoms with E-state index in [2.05, 4.69) is 0 Å². The van der Waals surface area contributed by atoms with Crippen LogP contribution in [0.5, 0.6) is 0 Å². The van der Waals surface area contributed by atoms with Gasteiger partial charge in [-0.15, -0.1) is 11.3 Å². The van der Waals surface area contributed by atoms with Gasteiger partial charge < -0.3 is 0 Å². The molecule has 0 bridgehead atoms. The van der Waals surface area contributed by atoms with Crippen LogP contribution in [0.15, 0.2) is 35.7 Å². The van der Waals surface area contributed by atoms with Crippen molar-refractivity contribution in [2.45, 2.75) is 12.3 Å². The van der Waals surface area contributed by atoms with E-state index >= 15 is 0 Å². The van der Waals surface area contributed by atoms with Crippen LogP contribution in [0.4, 0.5) is 5.69 Å². The molecule has 1 saturated carbocycles. The molecular formula is C14H10ClNO3S. The normalized spacial score (nSPS) is 20.6. The number of hydrogen-bond acceptors (Lipinski definition) is 4. The van der Waals surface area contributed by atoms with Crippen LogP contribution in [0, 0.1) is 16.0 Å². The molecule has 1 aliphatic carbocycles. The molecule has 20 heavy (non-hydrogen) atoms. The number of benzene rings is 1. The fraction of sp³-hybridized carbons (Fsp3) is 0.214.